The van der Waals surface area contributed by atoms with Crippen molar-refractivity contribution in [3.05, 3.63) is 58.0 Å². The molecule has 0 atom stereocenters. The van der Waals surface area contributed by atoms with E-state index in [1.807, 2.05) is 19.2 Å². The molecule has 0 spiro atoms. The molecule has 1 aromatic carbocycles. The summed E-state index contributed by atoms with van der Waals surface area (Å²) in [6.45, 7) is 3.13. The quantitative estimate of drug-likeness (QED) is 0.353. The van der Waals surface area contributed by atoms with Gasteiger partial charge in [0.05, 0.1) is 0 Å². The Morgan fingerprint density at radius 2 is 1.96 bits per heavy atom. The maximum Gasteiger partial charge on any atom is 0.193 e. The van der Waals surface area contributed by atoms with E-state index in [1.54, 1.807) is 23.5 Å². The van der Waals surface area contributed by atoms with Crippen LogP contribution in [0.3, 0.4) is 0 Å². The molecular formula is C21H29FIN3OS. The summed E-state index contributed by atoms with van der Waals surface area (Å²) >= 11 is 1.79. The Morgan fingerprint density at radius 1 is 1.25 bits per heavy atom. The van der Waals surface area contributed by atoms with E-state index in [9.17, 15) is 4.39 Å². The molecule has 0 radical (unpaired) electrons. The first-order valence-electron chi connectivity index (χ1n) is 9.41. The number of ether oxygens (including phenoxy) is 1. The first-order valence-corrected chi connectivity index (χ1v) is 10.3. The maximum atomic E-state index is 13.4. The highest BCUT2D eigenvalue weighted by Crippen LogP contribution is 2.34. The molecule has 0 amide bonds. The summed E-state index contributed by atoms with van der Waals surface area (Å²) in [7, 11) is 3.88. The highest BCUT2D eigenvalue weighted by molar-refractivity contribution is 14.0. The molecule has 28 heavy (non-hydrogen) atoms. The van der Waals surface area contributed by atoms with Crippen LogP contribution in [0.15, 0.2) is 46.8 Å². The summed E-state index contributed by atoms with van der Waals surface area (Å²) in [5, 5.41) is 5.66. The standard InChI is InChI=1S/C21H28FN3OS.HI/c1-23-20(25(2)12-9-19-4-3-15-27-19)24-16-21(10-13-26-14-11-21)17-5-7-18(22)8-6-17;/h3-8,15H,9-14,16H2,1-2H3,(H,23,24);1H. The van der Waals surface area contributed by atoms with Crippen molar-refractivity contribution >= 4 is 41.3 Å². The van der Waals surface area contributed by atoms with Crippen molar-refractivity contribution in [2.24, 2.45) is 4.99 Å². The van der Waals surface area contributed by atoms with Crippen molar-refractivity contribution in [1.82, 2.24) is 10.2 Å². The van der Waals surface area contributed by atoms with E-state index in [1.165, 1.54) is 4.88 Å². The smallest absolute Gasteiger partial charge is 0.193 e. The molecule has 3 rings (SSSR count). The fraction of sp³-hybridized carbons (Fsp3) is 0.476. The van der Waals surface area contributed by atoms with Crippen LogP contribution in [0.5, 0.6) is 0 Å². The van der Waals surface area contributed by atoms with Gasteiger partial charge in [0.15, 0.2) is 5.96 Å². The van der Waals surface area contributed by atoms with E-state index in [-0.39, 0.29) is 35.2 Å². The van der Waals surface area contributed by atoms with Crippen LogP contribution in [-0.2, 0) is 16.6 Å². The summed E-state index contributed by atoms with van der Waals surface area (Å²) in [5.74, 6) is 0.692. The topological polar surface area (TPSA) is 36.9 Å². The van der Waals surface area contributed by atoms with Gasteiger partial charge < -0.3 is 15.0 Å². The van der Waals surface area contributed by atoms with E-state index in [2.05, 4.69) is 39.8 Å². The minimum Gasteiger partial charge on any atom is -0.381 e. The van der Waals surface area contributed by atoms with Gasteiger partial charge in [-0.05, 0) is 48.4 Å². The van der Waals surface area contributed by atoms with Gasteiger partial charge in [0.1, 0.15) is 5.82 Å². The van der Waals surface area contributed by atoms with Crippen molar-refractivity contribution < 1.29 is 9.13 Å². The molecule has 154 valence electrons. The molecule has 1 fully saturated rings. The molecule has 4 nitrogen and oxygen atoms in total. The predicted molar refractivity (Wildman–Crippen MR) is 126 cm³/mol. The van der Waals surface area contributed by atoms with Crippen LogP contribution >= 0.6 is 35.3 Å². The summed E-state index contributed by atoms with van der Waals surface area (Å²) < 4.78 is 19.0. The fourth-order valence-electron chi connectivity index (χ4n) is 3.60. The minimum atomic E-state index is -0.196. The van der Waals surface area contributed by atoms with Gasteiger partial charge in [-0.2, -0.15) is 0 Å². The van der Waals surface area contributed by atoms with E-state index in [4.69, 9.17) is 4.74 Å². The van der Waals surface area contributed by atoms with Crippen molar-refractivity contribution in [3.8, 4) is 0 Å². The average Bonchev–Trinajstić information content (AvgIpc) is 3.22. The first-order chi connectivity index (χ1) is 13.1. The molecule has 0 aliphatic carbocycles. The van der Waals surface area contributed by atoms with Crippen molar-refractivity contribution in [1.29, 1.82) is 0 Å². The Labute approximate surface area is 188 Å². The van der Waals surface area contributed by atoms with E-state index < -0.39 is 0 Å². The van der Waals surface area contributed by atoms with Crippen LogP contribution in [0.25, 0.3) is 0 Å². The number of benzene rings is 1. The first kappa shape index (κ1) is 23.1. The van der Waals surface area contributed by atoms with Gasteiger partial charge in [-0.15, -0.1) is 35.3 Å². The number of nitrogens with one attached hydrogen (secondary N) is 1. The second kappa shape index (κ2) is 11.1. The zero-order valence-corrected chi connectivity index (χ0v) is 19.6. The number of rotatable bonds is 6. The summed E-state index contributed by atoms with van der Waals surface area (Å²) in [5.41, 5.74) is 1.10. The number of aliphatic imine (C=N–C) groups is 1. The molecule has 2 heterocycles. The van der Waals surface area contributed by atoms with E-state index in [0.29, 0.717) is 0 Å². The third kappa shape index (κ3) is 5.90. The van der Waals surface area contributed by atoms with Crippen molar-refractivity contribution in [3.63, 3.8) is 0 Å². The molecule has 1 aliphatic heterocycles. The van der Waals surface area contributed by atoms with Crippen LogP contribution in [-0.4, -0.2) is 51.3 Å². The van der Waals surface area contributed by atoms with Crippen molar-refractivity contribution in [2.45, 2.75) is 24.7 Å². The van der Waals surface area contributed by atoms with Crippen LogP contribution < -0.4 is 5.32 Å². The number of likely N-dealkylation sites (N-methyl/N-ethyl adjacent to an activating group) is 1. The lowest BCUT2D eigenvalue weighted by Crippen LogP contribution is -2.48. The molecule has 1 saturated heterocycles. The molecule has 0 unspecified atom stereocenters. The zero-order valence-electron chi connectivity index (χ0n) is 16.5. The molecule has 2 aromatic rings. The molecule has 1 N–H and O–H groups in total. The van der Waals surface area contributed by atoms with Crippen LogP contribution in [0.4, 0.5) is 4.39 Å². The number of hydrogen-bond donors (Lipinski definition) is 1. The van der Waals surface area contributed by atoms with Crippen LogP contribution in [0.1, 0.15) is 23.3 Å². The number of halogens is 2. The SMILES string of the molecule is CN=C(NCC1(c2ccc(F)cc2)CCOCC1)N(C)CCc1cccs1.I. The van der Waals surface area contributed by atoms with Gasteiger partial charge in [-0.3, -0.25) is 4.99 Å². The molecular weight excluding hydrogens is 488 g/mol. The van der Waals surface area contributed by atoms with Gasteiger partial charge in [0.25, 0.3) is 0 Å². The van der Waals surface area contributed by atoms with E-state index >= 15 is 0 Å². The lowest BCUT2D eigenvalue weighted by Gasteiger charge is -2.39. The summed E-state index contributed by atoms with van der Waals surface area (Å²) in [6.07, 6.45) is 2.84. The summed E-state index contributed by atoms with van der Waals surface area (Å²) in [4.78, 5) is 8.00. The Balaban J connectivity index is 0.00000280. The average molecular weight is 517 g/mol. The highest BCUT2D eigenvalue weighted by Gasteiger charge is 2.34. The monoisotopic (exact) mass is 517 g/mol. The zero-order chi connectivity index (χ0) is 19.1. The highest BCUT2D eigenvalue weighted by atomic mass is 127. The van der Waals surface area contributed by atoms with Gasteiger partial charge in [0, 0.05) is 50.7 Å². The number of nitrogens with zero attached hydrogens (tertiary/aromatic N) is 2. The Bertz CT molecular complexity index is 731. The third-order valence-electron chi connectivity index (χ3n) is 5.34. The Hall–Kier alpha value is -1.19. The minimum absolute atomic E-state index is 0. The molecule has 1 aliphatic rings. The van der Waals surface area contributed by atoms with Gasteiger partial charge in [-0.1, -0.05) is 18.2 Å². The number of hydrogen-bond acceptors (Lipinski definition) is 3. The van der Waals surface area contributed by atoms with Crippen LogP contribution in [0, 0.1) is 5.82 Å². The van der Waals surface area contributed by atoms with Crippen LogP contribution in [0.2, 0.25) is 0 Å². The second-order valence-corrected chi connectivity index (χ2v) is 8.08. The second-order valence-electron chi connectivity index (χ2n) is 7.05. The lowest BCUT2D eigenvalue weighted by molar-refractivity contribution is 0.0512. The largest absolute Gasteiger partial charge is 0.381 e. The summed E-state index contributed by atoms with van der Waals surface area (Å²) in [6, 6.07) is 11.2. The molecule has 0 bridgehead atoms. The normalized spacial score (nSPS) is 16.3. The third-order valence-corrected chi connectivity index (χ3v) is 6.27. The molecule has 7 heteroatoms. The van der Waals surface area contributed by atoms with Gasteiger partial charge in [-0.25, -0.2) is 4.39 Å². The fourth-order valence-corrected chi connectivity index (χ4v) is 4.30. The number of guanidine groups is 1. The molecule has 1 aromatic heterocycles. The van der Waals surface area contributed by atoms with E-state index in [0.717, 1.165) is 57.1 Å². The maximum absolute atomic E-state index is 13.4. The molecule has 0 saturated carbocycles. The number of thiophene rings is 1. The lowest BCUT2D eigenvalue weighted by atomic mass is 9.74. The predicted octanol–water partition coefficient (Wildman–Crippen LogP) is 4.30. The Kier molecular flexibility index (Phi) is 9.17. The van der Waals surface area contributed by atoms with Gasteiger partial charge >= 0.3 is 0 Å². The van der Waals surface area contributed by atoms with Crippen molar-refractivity contribution in [2.75, 3.05) is 40.4 Å². The van der Waals surface area contributed by atoms with Gasteiger partial charge in [0.2, 0.25) is 0 Å². The Morgan fingerprint density at radius 3 is 2.57 bits per heavy atom.